The van der Waals surface area contributed by atoms with E-state index in [0.29, 0.717) is 21.0 Å². The molecule has 3 rings (SSSR count). The molecule has 0 atom stereocenters. The molecule has 0 unspecified atom stereocenters. The highest BCUT2D eigenvalue weighted by atomic mass is 32.2. The second-order valence-corrected chi connectivity index (χ2v) is 8.75. The van der Waals surface area contributed by atoms with Crippen LogP contribution in [0.5, 0.6) is 0 Å². The first kappa shape index (κ1) is 22.0. The quantitative estimate of drug-likeness (QED) is 0.703. The number of carbonyl (C=O) groups excluding carboxylic acids is 2. The zero-order valence-corrected chi connectivity index (χ0v) is 17.5. The predicted molar refractivity (Wildman–Crippen MR) is 108 cm³/mol. The molecule has 1 aliphatic rings. The minimum Gasteiger partial charge on any atom is -0.444 e. The number of benzene rings is 2. The Balaban J connectivity index is 1.90. The zero-order chi connectivity index (χ0) is 22.1. The molecule has 30 heavy (non-hydrogen) atoms. The molecule has 2 amide bonds. The Bertz CT molecular complexity index is 971. The molecule has 0 aromatic heterocycles. The summed E-state index contributed by atoms with van der Waals surface area (Å²) in [6.07, 6.45) is -5.12. The summed E-state index contributed by atoms with van der Waals surface area (Å²) in [5, 5.41) is 2.58. The van der Waals surface area contributed by atoms with Gasteiger partial charge in [-0.2, -0.15) is 13.2 Å². The molecule has 0 aliphatic carbocycles. The van der Waals surface area contributed by atoms with Gasteiger partial charge in [0.1, 0.15) is 5.60 Å². The van der Waals surface area contributed by atoms with Gasteiger partial charge in [-0.15, -0.1) is 0 Å². The van der Waals surface area contributed by atoms with E-state index in [-0.39, 0.29) is 19.0 Å². The Kier molecular flexibility index (Phi) is 6.03. The van der Waals surface area contributed by atoms with E-state index >= 15 is 0 Å². The average Bonchev–Trinajstić information content (AvgIpc) is 2.74. The highest BCUT2D eigenvalue weighted by molar-refractivity contribution is 7.99. The largest absolute Gasteiger partial charge is 0.444 e. The molecule has 0 radical (unpaired) electrons. The molecule has 0 saturated heterocycles. The maximum atomic E-state index is 13.2. The van der Waals surface area contributed by atoms with Crippen LogP contribution in [0.15, 0.2) is 52.3 Å². The van der Waals surface area contributed by atoms with E-state index in [4.69, 9.17) is 4.74 Å². The van der Waals surface area contributed by atoms with Gasteiger partial charge in [0.05, 0.1) is 16.8 Å². The van der Waals surface area contributed by atoms with Crippen LogP contribution in [0.4, 0.5) is 23.7 Å². The molecule has 2 aromatic rings. The third-order valence-corrected chi connectivity index (χ3v) is 5.29. The molecule has 1 heterocycles. The Morgan fingerprint density at radius 3 is 2.47 bits per heavy atom. The zero-order valence-electron chi connectivity index (χ0n) is 16.7. The van der Waals surface area contributed by atoms with Gasteiger partial charge in [0.15, 0.2) is 0 Å². The first-order chi connectivity index (χ1) is 14.0. The standard InChI is InChI=1S/C21H21F3N2O3S/c1-20(2,3)29-19(28)25-10-11-26-15-9-8-13(21(22,23)24)12-17(15)30-16-7-5-4-6-14(16)18(26)27/h4-9,12H,10-11H2,1-3H3,(H,25,28). The van der Waals surface area contributed by atoms with Crippen LogP contribution in [0.3, 0.4) is 0 Å². The maximum Gasteiger partial charge on any atom is 0.416 e. The van der Waals surface area contributed by atoms with Crippen LogP contribution < -0.4 is 10.2 Å². The van der Waals surface area contributed by atoms with Gasteiger partial charge in [0.25, 0.3) is 5.91 Å². The number of nitrogens with one attached hydrogen (secondary N) is 1. The maximum absolute atomic E-state index is 13.2. The number of amides is 2. The fourth-order valence-corrected chi connectivity index (χ4v) is 4.02. The molecule has 1 N–H and O–H groups in total. The van der Waals surface area contributed by atoms with E-state index in [9.17, 15) is 22.8 Å². The van der Waals surface area contributed by atoms with E-state index in [1.165, 1.54) is 11.0 Å². The lowest BCUT2D eigenvalue weighted by Crippen LogP contribution is -2.40. The summed E-state index contributed by atoms with van der Waals surface area (Å²) in [6, 6.07) is 10.1. The van der Waals surface area contributed by atoms with Crippen molar-refractivity contribution in [3.63, 3.8) is 0 Å². The number of fused-ring (bicyclic) bond motifs is 2. The fourth-order valence-electron chi connectivity index (χ4n) is 2.91. The van der Waals surface area contributed by atoms with Gasteiger partial charge >= 0.3 is 12.3 Å². The fraction of sp³-hybridized carbons (Fsp3) is 0.333. The van der Waals surface area contributed by atoms with Crippen molar-refractivity contribution < 1.29 is 27.5 Å². The van der Waals surface area contributed by atoms with Crippen LogP contribution in [-0.2, 0) is 10.9 Å². The van der Waals surface area contributed by atoms with Gasteiger partial charge in [-0.3, -0.25) is 4.79 Å². The van der Waals surface area contributed by atoms with Crippen molar-refractivity contribution in [2.45, 2.75) is 42.3 Å². The molecular weight excluding hydrogens is 417 g/mol. The number of hydrogen-bond donors (Lipinski definition) is 1. The number of halogens is 3. The van der Waals surface area contributed by atoms with E-state index < -0.39 is 23.4 Å². The summed E-state index contributed by atoms with van der Waals surface area (Å²) in [5.41, 5.74) is -0.698. The lowest BCUT2D eigenvalue weighted by molar-refractivity contribution is -0.137. The van der Waals surface area contributed by atoms with Crippen molar-refractivity contribution in [2.24, 2.45) is 0 Å². The molecular formula is C21H21F3N2O3S. The molecule has 0 spiro atoms. The van der Waals surface area contributed by atoms with Crippen molar-refractivity contribution in [3.8, 4) is 0 Å². The summed E-state index contributed by atoms with van der Waals surface area (Å²) < 4.78 is 44.8. The van der Waals surface area contributed by atoms with Crippen LogP contribution in [-0.4, -0.2) is 30.7 Å². The van der Waals surface area contributed by atoms with E-state index in [2.05, 4.69) is 5.32 Å². The van der Waals surface area contributed by atoms with E-state index in [1.54, 1.807) is 45.0 Å². The number of hydrogen-bond acceptors (Lipinski definition) is 4. The van der Waals surface area contributed by atoms with Gasteiger partial charge in [-0.05, 0) is 51.1 Å². The second-order valence-electron chi connectivity index (χ2n) is 7.66. The summed E-state index contributed by atoms with van der Waals surface area (Å²) in [4.78, 5) is 27.3. The number of carbonyl (C=O) groups is 2. The third kappa shape index (κ3) is 5.08. The summed E-state index contributed by atoms with van der Waals surface area (Å²) in [7, 11) is 0. The highest BCUT2D eigenvalue weighted by Crippen LogP contribution is 2.43. The Hall–Kier alpha value is -2.68. The van der Waals surface area contributed by atoms with Crippen molar-refractivity contribution >= 4 is 29.4 Å². The monoisotopic (exact) mass is 438 g/mol. The van der Waals surface area contributed by atoms with Crippen LogP contribution in [0.2, 0.25) is 0 Å². The molecule has 9 heteroatoms. The summed E-state index contributed by atoms with van der Waals surface area (Å²) in [5.74, 6) is -0.345. The average molecular weight is 438 g/mol. The van der Waals surface area contributed by atoms with Crippen molar-refractivity contribution in [2.75, 3.05) is 18.0 Å². The van der Waals surface area contributed by atoms with Crippen molar-refractivity contribution in [3.05, 3.63) is 53.6 Å². The Morgan fingerprint density at radius 2 is 1.80 bits per heavy atom. The SMILES string of the molecule is CC(C)(C)OC(=O)NCCN1C(=O)c2ccccc2Sc2cc(C(F)(F)F)ccc21. The highest BCUT2D eigenvalue weighted by Gasteiger charge is 2.33. The molecule has 0 saturated carbocycles. The van der Waals surface area contributed by atoms with Crippen LogP contribution in [0, 0.1) is 0 Å². The van der Waals surface area contributed by atoms with Crippen LogP contribution in [0.25, 0.3) is 0 Å². The number of nitrogens with zero attached hydrogens (tertiary/aromatic N) is 1. The van der Waals surface area contributed by atoms with Gasteiger partial charge < -0.3 is 15.0 Å². The van der Waals surface area contributed by atoms with Gasteiger partial charge in [0.2, 0.25) is 0 Å². The first-order valence-electron chi connectivity index (χ1n) is 9.22. The van der Waals surface area contributed by atoms with Gasteiger partial charge in [-0.25, -0.2) is 4.79 Å². The molecule has 2 aromatic carbocycles. The minimum atomic E-state index is -4.49. The van der Waals surface area contributed by atoms with Crippen molar-refractivity contribution in [1.82, 2.24) is 5.32 Å². The number of rotatable bonds is 3. The normalized spacial score (nSPS) is 13.9. The van der Waals surface area contributed by atoms with Gasteiger partial charge in [0, 0.05) is 22.9 Å². The lowest BCUT2D eigenvalue weighted by atomic mass is 10.1. The summed E-state index contributed by atoms with van der Waals surface area (Å²) in [6.45, 7) is 5.34. The molecule has 1 aliphatic heterocycles. The smallest absolute Gasteiger partial charge is 0.416 e. The van der Waals surface area contributed by atoms with E-state index in [0.717, 1.165) is 23.9 Å². The number of alkyl halides is 3. The first-order valence-corrected chi connectivity index (χ1v) is 10.0. The minimum absolute atomic E-state index is 0.0747. The topological polar surface area (TPSA) is 58.6 Å². The number of alkyl carbamates (subject to hydrolysis) is 1. The Labute approximate surface area is 176 Å². The molecule has 5 nitrogen and oxygen atoms in total. The molecule has 0 fully saturated rings. The van der Waals surface area contributed by atoms with Gasteiger partial charge in [-0.1, -0.05) is 23.9 Å². The number of anilines is 1. The van der Waals surface area contributed by atoms with Crippen molar-refractivity contribution in [1.29, 1.82) is 0 Å². The van der Waals surface area contributed by atoms with Crippen LogP contribution in [0.1, 0.15) is 36.7 Å². The third-order valence-electron chi connectivity index (χ3n) is 4.16. The Morgan fingerprint density at radius 1 is 1.10 bits per heavy atom. The molecule has 0 bridgehead atoms. The predicted octanol–water partition coefficient (Wildman–Crippen LogP) is 5.34. The second kappa shape index (κ2) is 8.22. The van der Waals surface area contributed by atoms with E-state index in [1.807, 2.05) is 0 Å². The van der Waals surface area contributed by atoms with Crippen LogP contribution >= 0.6 is 11.8 Å². The number of ether oxygens (including phenoxy) is 1. The summed E-state index contributed by atoms with van der Waals surface area (Å²) >= 11 is 1.11. The lowest BCUT2D eigenvalue weighted by Gasteiger charge is -2.24. The molecule has 160 valence electrons.